The van der Waals surface area contributed by atoms with Gasteiger partial charge in [0.05, 0.1) is 11.7 Å². The Labute approximate surface area is 129 Å². The second-order valence-electron chi connectivity index (χ2n) is 4.79. The van der Waals surface area contributed by atoms with E-state index in [1.807, 2.05) is 0 Å². The Morgan fingerprint density at radius 3 is 2.44 bits per heavy atom. The van der Waals surface area contributed by atoms with Crippen molar-refractivity contribution in [2.75, 3.05) is 11.1 Å². The van der Waals surface area contributed by atoms with Crippen molar-refractivity contribution >= 4 is 54.5 Å². The maximum Gasteiger partial charge on any atom is 0.161 e. The molecule has 1 heterocycles. The number of rotatable bonds is 2. The molecule has 0 aromatic heterocycles. The zero-order chi connectivity index (χ0) is 13.3. The molecule has 1 aliphatic rings. The molecule has 0 spiro atoms. The summed E-state index contributed by atoms with van der Waals surface area (Å²) < 4.78 is 2.12. The van der Waals surface area contributed by atoms with Gasteiger partial charge in [-0.25, -0.2) is 0 Å². The van der Waals surface area contributed by atoms with E-state index in [9.17, 15) is 0 Å². The third-order valence-corrected chi connectivity index (χ3v) is 5.10. The van der Waals surface area contributed by atoms with Gasteiger partial charge < -0.3 is 5.32 Å². The Morgan fingerprint density at radius 1 is 1.33 bits per heavy atom. The Bertz CT molecular complexity index is 463. The predicted molar refractivity (Wildman–Crippen MR) is 88.7 cm³/mol. The molecule has 1 unspecified atom stereocenters. The van der Waals surface area contributed by atoms with Crippen LogP contribution in [0.1, 0.15) is 19.4 Å². The number of aliphatic imine (C=N–C) groups is 1. The van der Waals surface area contributed by atoms with Crippen molar-refractivity contribution < 1.29 is 0 Å². The van der Waals surface area contributed by atoms with Crippen molar-refractivity contribution in [1.82, 2.24) is 0 Å². The van der Waals surface area contributed by atoms with Crippen LogP contribution in [0.25, 0.3) is 0 Å². The zero-order valence-electron chi connectivity index (χ0n) is 10.6. The Balaban J connectivity index is 2.18. The number of hydrogen-bond donors (Lipinski definition) is 1. The normalized spacial score (nSPS) is 19.2. The summed E-state index contributed by atoms with van der Waals surface area (Å²) >= 11 is 8.98. The molecule has 98 valence electrons. The Hall–Kier alpha value is -0.000000000000000111. The summed E-state index contributed by atoms with van der Waals surface area (Å²) in [5.41, 5.74) is 2.27. The van der Waals surface area contributed by atoms with Crippen LogP contribution in [0.4, 0.5) is 5.69 Å². The molecule has 0 fully saturated rings. The van der Waals surface area contributed by atoms with Gasteiger partial charge in [0.15, 0.2) is 5.17 Å². The van der Waals surface area contributed by atoms with Crippen molar-refractivity contribution in [2.45, 2.75) is 26.8 Å². The third kappa shape index (κ3) is 3.31. The summed E-state index contributed by atoms with van der Waals surface area (Å²) in [6, 6.07) is 4.64. The van der Waals surface area contributed by atoms with Gasteiger partial charge in [0.25, 0.3) is 0 Å². The van der Waals surface area contributed by atoms with E-state index in [0.717, 1.165) is 25.6 Å². The number of nitrogens with zero attached hydrogens (tertiary/aromatic N) is 1. The average molecular weight is 392 g/mol. The van der Waals surface area contributed by atoms with Crippen LogP contribution in [-0.2, 0) is 0 Å². The van der Waals surface area contributed by atoms with E-state index >= 15 is 0 Å². The van der Waals surface area contributed by atoms with Crippen LogP contribution >= 0.6 is 43.6 Å². The topological polar surface area (TPSA) is 24.4 Å². The lowest BCUT2D eigenvalue weighted by Crippen LogP contribution is -2.12. The molecule has 2 nitrogen and oxygen atoms in total. The molecule has 0 amide bonds. The molecule has 1 atom stereocenters. The number of halogens is 2. The summed E-state index contributed by atoms with van der Waals surface area (Å²) in [5, 5.41) is 4.42. The highest BCUT2D eigenvalue weighted by Crippen LogP contribution is 2.34. The SMILES string of the molecule is Cc1cc(Br)c(NC2=NC(C(C)C)CS2)c(Br)c1. The highest BCUT2D eigenvalue weighted by Gasteiger charge is 2.22. The van der Waals surface area contributed by atoms with Gasteiger partial charge in [-0.3, -0.25) is 4.99 Å². The second-order valence-corrected chi connectivity index (χ2v) is 7.50. The fourth-order valence-electron chi connectivity index (χ4n) is 1.73. The molecule has 1 aromatic carbocycles. The summed E-state index contributed by atoms with van der Waals surface area (Å²) in [4.78, 5) is 4.71. The summed E-state index contributed by atoms with van der Waals surface area (Å²) in [6.07, 6.45) is 0. The molecule has 0 aliphatic carbocycles. The number of hydrogen-bond acceptors (Lipinski definition) is 3. The third-order valence-electron chi connectivity index (χ3n) is 2.86. The molecule has 0 radical (unpaired) electrons. The van der Waals surface area contributed by atoms with Crippen LogP contribution in [0.2, 0.25) is 0 Å². The molecular weight excluding hydrogens is 376 g/mol. The Morgan fingerprint density at radius 2 is 1.94 bits per heavy atom. The molecule has 2 rings (SSSR count). The molecule has 0 saturated heterocycles. The van der Waals surface area contributed by atoms with Crippen molar-refractivity contribution in [3.8, 4) is 0 Å². The molecule has 18 heavy (non-hydrogen) atoms. The van der Waals surface area contributed by atoms with Crippen molar-refractivity contribution in [3.63, 3.8) is 0 Å². The van der Waals surface area contributed by atoms with Crippen LogP contribution in [0.3, 0.4) is 0 Å². The highest BCUT2D eigenvalue weighted by atomic mass is 79.9. The minimum Gasteiger partial charge on any atom is -0.333 e. The summed E-state index contributed by atoms with van der Waals surface area (Å²) in [5.74, 6) is 1.67. The van der Waals surface area contributed by atoms with Gasteiger partial charge >= 0.3 is 0 Å². The lowest BCUT2D eigenvalue weighted by atomic mass is 10.1. The Kier molecular flexibility index (Phi) is 4.78. The van der Waals surface area contributed by atoms with E-state index < -0.39 is 0 Å². The van der Waals surface area contributed by atoms with Crippen LogP contribution in [0, 0.1) is 12.8 Å². The van der Waals surface area contributed by atoms with Crippen LogP contribution in [0.15, 0.2) is 26.1 Å². The van der Waals surface area contributed by atoms with Gasteiger partial charge in [0.2, 0.25) is 0 Å². The largest absolute Gasteiger partial charge is 0.333 e. The molecular formula is C13H16Br2N2S. The van der Waals surface area contributed by atoms with Gasteiger partial charge in [-0.05, 0) is 62.4 Å². The number of nitrogens with one attached hydrogen (secondary N) is 1. The monoisotopic (exact) mass is 390 g/mol. The van der Waals surface area contributed by atoms with Crippen molar-refractivity contribution in [3.05, 3.63) is 26.6 Å². The molecule has 0 saturated carbocycles. The number of aryl methyl sites for hydroxylation is 1. The highest BCUT2D eigenvalue weighted by molar-refractivity contribution is 9.11. The minimum atomic E-state index is 0.431. The molecule has 1 aliphatic heterocycles. The number of amidine groups is 1. The fourth-order valence-corrected chi connectivity index (χ4v) is 4.51. The summed E-state index contributed by atoms with van der Waals surface area (Å²) in [6.45, 7) is 6.51. The standard InChI is InChI=1S/C13H16Br2N2S/c1-7(2)11-6-18-13(16-11)17-12-9(14)4-8(3)5-10(12)15/h4-5,7,11H,6H2,1-3H3,(H,16,17). The first-order valence-electron chi connectivity index (χ1n) is 5.90. The van der Waals surface area contributed by atoms with E-state index in [2.05, 4.69) is 70.1 Å². The van der Waals surface area contributed by atoms with Crippen LogP contribution in [0.5, 0.6) is 0 Å². The first-order chi connectivity index (χ1) is 8.47. The smallest absolute Gasteiger partial charge is 0.161 e. The maximum atomic E-state index is 4.71. The average Bonchev–Trinajstić information content (AvgIpc) is 2.71. The van der Waals surface area contributed by atoms with E-state index in [1.54, 1.807) is 11.8 Å². The van der Waals surface area contributed by atoms with Gasteiger partial charge in [-0.2, -0.15) is 0 Å². The van der Waals surface area contributed by atoms with E-state index in [-0.39, 0.29) is 0 Å². The number of anilines is 1. The van der Waals surface area contributed by atoms with Gasteiger partial charge in [-0.1, -0.05) is 25.6 Å². The van der Waals surface area contributed by atoms with Crippen LogP contribution in [-0.4, -0.2) is 17.0 Å². The first kappa shape index (κ1) is 14.4. The van der Waals surface area contributed by atoms with Crippen molar-refractivity contribution in [1.29, 1.82) is 0 Å². The summed E-state index contributed by atoms with van der Waals surface area (Å²) in [7, 11) is 0. The fraction of sp³-hybridized carbons (Fsp3) is 0.462. The second kappa shape index (κ2) is 5.97. The predicted octanol–water partition coefficient (Wildman–Crippen LogP) is 5.06. The minimum absolute atomic E-state index is 0.431. The molecule has 0 bridgehead atoms. The van der Waals surface area contributed by atoms with E-state index in [0.29, 0.717) is 12.0 Å². The number of thioether (sulfide) groups is 1. The lowest BCUT2D eigenvalue weighted by molar-refractivity contribution is 0.543. The van der Waals surface area contributed by atoms with Crippen molar-refractivity contribution in [2.24, 2.45) is 10.9 Å². The number of benzene rings is 1. The van der Waals surface area contributed by atoms with E-state index in [1.165, 1.54) is 5.56 Å². The van der Waals surface area contributed by atoms with E-state index in [4.69, 9.17) is 4.99 Å². The quantitative estimate of drug-likeness (QED) is 0.761. The molecule has 1 aromatic rings. The zero-order valence-corrected chi connectivity index (χ0v) is 14.6. The maximum absolute atomic E-state index is 4.71. The molecule has 1 N–H and O–H groups in total. The van der Waals surface area contributed by atoms with Gasteiger partial charge in [-0.15, -0.1) is 0 Å². The molecule has 5 heteroatoms. The first-order valence-corrected chi connectivity index (χ1v) is 8.48. The van der Waals surface area contributed by atoms with Crippen LogP contribution < -0.4 is 5.32 Å². The van der Waals surface area contributed by atoms with Gasteiger partial charge in [0, 0.05) is 14.7 Å². The lowest BCUT2D eigenvalue weighted by Gasteiger charge is -2.11. The van der Waals surface area contributed by atoms with Gasteiger partial charge in [0.1, 0.15) is 0 Å².